The van der Waals surface area contributed by atoms with Gasteiger partial charge in [0.2, 0.25) is 0 Å². The molecular weight excluding hydrogens is 232 g/mol. The first kappa shape index (κ1) is 12.4. The second-order valence-corrected chi connectivity index (χ2v) is 5.50. The molecule has 2 aromatic rings. The molecule has 0 fully saturated rings. The second kappa shape index (κ2) is 5.14. The number of pyridine rings is 1. The van der Waals surface area contributed by atoms with Crippen molar-refractivity contribution in [3.05, 3.63) is 64.5 Å². The van der Waals surface area contributed by atoms with Crippen LogP contribution in [0.4, 0.5) is 0 Å². The van der Waals surface area contributed by atoms with Gasteiger partial charge in [-0.05, 0) is 66.5 Å². The summed E-state index contributed by atoms with van der Waals surface area (Å²) in [5.41, 5.74) is 13.1. The molecule has 0 radical (unpaired) electrons. The van der Waals surface area contributed by atoms with Gasteiger partial charge in [-0.3, -0.25) is 4.98 Å². The molecule has 0 aliphatic heterocycles. The number of rotatable bonds is 3. The predicted octanol–water partition coefficient (Wildman–Crippen LogP) is 3.12. The van der Waals surface area contributed by atoms with Crippen molar-refractivity contribution < 1.29 is 0 Å². The maximum Gasteiger partial charge on any atom is 0.0353 e. The topological polar surface area (TPSA) is 38.9 Å². The summed E-state index contributed by atoms with van der Waals surface area (Å²) in [6.45, 7) is 2.10. The van der Waals surface area contributed by atoms with E-state index in [0.717, 1.165) is 12.0 Å². The Kier molecular flexibility index (Phi) is 3.34. The number of nitrogens with two attached hydrogens (primary N) is 1. The number of hydrogen-bond acceptors (Lipinski definition) is 2. The Labute approximate surface area is 114 Å². The molecule has 1 aromatic heterocycles. The van der Waals surface area contributed by atoms with Gasteiger partial charge in [0, 0.05) is 18.4 Å². The molecule has 3 rings (SSSR count). The van der Waals surface area contributed by atoms with E-state index in [1.165, 1.54) is 41.5 Å². The summed E-state index contributed by atoms with van der Waals surface area (Å²) in [6.07, 6.45) is 8.37. The quantitative estimate of drug-likeness (QED) is 0.911. The first-order valence-corrected chi connectivity index (χ1v) is 7.01. The number of aromatic nitrogens is 1. The van der Waals surface area contributed by atoms with Crippen LogP contribution in [0.1, 0.15) is 40.3 Å². The van der Waals surface area contributed by atoms with Gasteiger partial charge in [-0.25, -0.2) is 0 Å². The lowest BCUT2D eigenvalue weighted by atomic mass is 9.96. The zero-order valence-corrected chi connectivity index (χ0v) is 11.4. The standard InChI is InChI=1S/C17H20N2/c1-12-7-8-19-11-16(12)17(18)10-13-5-6-14-3-2-4-15(14)9-13/h5-9,11,17H,2-4,10,18H2,1H3. The van der Waals surface area contributed by atoms with Crippen molar-refractivity contribution in [2.45, 2.75) is 38.6 Å². The van der Waals surface area contributed by atoms with Crippen LogP contribution in [0.2, 0.25) is 0 Å². The summed E-state index contributed by atoms with van der Waals surface area (Å²) in [5.74, 6) is 0. The molecular formula is C17H20N2. The average molecular weight is 252 g/mol. The van der Waals surface area contributed by atoms with Gasteiger partial charge in [-0.2, -0.15) is 0 Å². The van der Waals surface area contributed by atoms with E-state index in [-0.39, 0.29) is 6.04 Å². The summed E-state index contributed by atoms with van der Waals surface area (Å²) in [7, 11) is 0. The highest BCUT2D eigenvalue weighted by atomic mass is 14.7. The molecule has 1 atom stereocenters. The monoisotopic (exact) mass is 252 g/mol. The number of fused-ring (bicyclic) bond motifs is 1. The van der Waals surface area contributed by atoms with Gasteiger partial charge in [0.05, 0.1) is 0 Å². The molecule has 1 unspecified atom stereocenters. The van der Waals surface area contributed by atoms with Crippen molar-refractivity contribution in [1.82, 2.24) is 4.98 Å². The Morgan fingerprint density at radius 3 is 2.89 bits per heavy atom. The van der Waals surface area contributed by atoms with E-state index in [4.69, 9.17) is 5.73 Å². The minimum atomic E-state index is 0.0353. The maximum atomic E-state index is 6.33. The van der Waals surface area contributed by atoms with E-state index < -0.39 is 0 Å². The van der Waals surface area contributed by atoms with Gasteiger partial charge < -0.3 is 5.73 Å². The average Bonchev–Trinajstić information content (AvgIpc) is 2.86. The molecule has 98 valence electrons. The van der Waals surface area contributed by atoms with Gasteiger partial charge in [-0.15, -0.1) is 0 Å². The van der Waals surface area contributed by atoms with Crippen LogP contribution < -0.4 is 5.73 Å². The molecule has 0 bridgehead atoms. The van der Waals surface area contributed by atoms with E-state index in [0.29, 0.717) is 0 Å². The van der Waals surface area contributed by atoms with Crippen molar-refractivity contribution in [1.29, 1.82) is 0 Å². The molecule has 19 heavy (non-hydrogen) atoms. The second-order valence-electron chi connectivity index (χ2n) is 5.50. The van der Waals surface area contributed by atoms with Gasteiger partial charge in [0.15, 0.2) is 0 Å². The first-order valence-electron chi connectivity index (χ1n) is 7.01. The third-order valence-electron chi connectivity index (χ3n) is 4.10. The summed E-state index contributed by atoms with van der Waals surface area (Å²) in [4.78, 5) is 4.19. The van der Waals surface area contributed by atoms with Crippen LogP contribution in [-0.2, 0) is 19.3 Å². The Hall–Kier alpha value is -1.67. The van der Waals surface area contributed by atoms with Gasteiger partial charge in [0.1, 0.15) is 0 Å². The molecule has 2 nitrogen and oxygen atoms in total. The molecule has 2 heteroatoms. The molecule has 0 saturated carbocycles. The van der Waals surface area contributed by atoms with Crippen LogP contribution in [0.3, 0.4) is 0 Å². The van der Waals surface area contributed by atoms with E-state index in [2.05, 4.69) is 30.1 Å². The molecule has 1 aliphatic rings. The predicted molar refractivity (Wildman–Crippen MR) is 78.1 cm³/mol. The summed E-state index contributed by atoms with van der Waals surface area (Å²) >= 11 is 0. The molecule has 0 amide bonds. The molecule has 1 heterocycles. The first-order chi connectivity index (χ1) is 9.24. The van der Waals surface area contributed by atoms with Gasteiger partial charge in [-0.1, -0.05) is 18.2 Å². The zero-order valence-electron chi connectivity index (χ0n) is 11.4. The maximum absolute atomic E-state index is 6.33. The normalized spacial score (nSPS) is 15.3. The largest absolute Gasteiger partial charge is 0.324 e. The summed E-state index contributed by atoms with van der Waals surface area (Å²) < 4.78 is 0. The van der Waals surface area contributed by atoms with Crippen molar-refractivity contribution in [3.63, 3.8) is 0 Å². The van der Waals surface area contributed by atoms with Crippen LogP contribution in [0.15, 0.2) is 36.7 Å². The summed E-state index contributed by atoms with van der Waals surface area (Å²) in [5, 5.41) is 0. The third-order valence-corrected chi connectivity index (χ3v) is 4.10. The SMILES string of the molecule is Cc1ccncc1C(N)Cc1ccc2c(c1)CCC2. The van der Waals surface area contributed by atoms with Crippen molar-refractivity contribution >= 4 is 0 Å². The fourth-order valence-electron chi connectivity index (χ4n) is 2.98. The third kappa shape index (κ3) is 2.54. The van der Waals surface area contributed by atoms with Gasteiger partial charge >= 0.3 is 0 Å². The highest BCUT2D eigenvalue weighted by Gasteiger charge is 2.14. The highest BCUT2D eigenvalue weighted by Crippen LogP contribution is 2.25. The lowest BCUT2D eigenvalue weighted by molar-refractivity contribution is 0.712. The minimum absolute atomic E-state index is 0.0353. The Bertz CT molecular complexity index is 590. The molecule has 1 aliphatic carbocycles. The number of hydrogen-bond donors (Lipinski definition) is 1. The van der Waals surface area contributed by atoms with Crippen molar-refractivity contribution in [3.8, 4) is 0 Å². The fraction of sp³-hybridized carbons (Fsp3) is 0.353. The molecule has 1 aromatic carbocycles. The van der Waals surface area contributed by atoms with E-state index in [1.807, 2.05) is 18.5 Å². The number of aryl methyl sites for hydroxylation is 3. The van der Waals surface area contributed by atoms with E-state index >= 15 is 0 Å². The van der Waals surface area contributed by atoms with Crippen LogP contribution >= 0.6 is 0 Å². The minimum Gasteiger partial charge on any atom is -0.324 e. The van der Waals surface area contributed by atoms with Crippen LogP contribution in [0.25, 0.3) is 0 Å². The van der Waals surface area contributed by atoms with Gasteiger partial charge in [0.25, 0.3) is 0 Å². The van der Waals surface area contributed by atoms with Crippen LogP contribution in [-0.4, -0.2) is 4.98 Å². The smallest absolute Gasteiger partial charge is 0.0353 e. The summed E-state index contributed by atoms with van der Waals surface area (Å²) in [6, 6.07) is 8.91. The molecule has 0 spiro atoms. The van der Waals surface area contributed by atoms with Crippen LogP contribution in [0.5, 0.6) is 0 Å². The van der Waals surface area contributed by atoms with Crippen molar-refractivity contribution in [2.24, 2.45) is 5.73 Å². The fourth-order valence-corrected chi connectivity index (χ4v) is 2.98. The Morgan fingerprint density at radius 2 is 2.05 bits per heavy atom. The lowest BCUT2D eigenvalue weighted by Gasteiger charge is -2.15. The Balaban J connectivity index is 1.80. The molecule has 0 saturated heterocycles. The Morgan fingerprint density at radius 1 is 1.21 bits per heavy atom. The van der Waals surface area contributed by atoms with E-state index in [9.17, 15) is 0 Å². The molecule has 2 N–H and O–H groups in total. The number of benzene rings is 1. The highest BCUT2D eigenvalue weighted by molar-refractivity contribution is 5.36. The van der Waals surface area contributed by atoms with E-state index in [1.54, 1.807) is 0 Å². The number of nitrogens with zero attached hydrogens (tertiary/aromatic N) is 1. The van der Waals surface area contributed by atoms with Crippen LogP contribution in [0, 0.1) is 6.92 Å². The zero-order chi connectivity index (χ0) is 13.2. The van der Waals surface area contributed by atoms with Crippen molar-refractivity contribution in [2.75, 3.05) is 0 Å². The lowest BCUT2D eigenvalue weighted by Crippen LogP contribution is -2.15.